The molecule has 1 saturated heterocycles. The number of nitrogens with zero attached hydrogens (tertiary/aromatic N) is 2. The van der Waals surface area contributed by atoms with Gasteiger partial charge in [0.05, 0.1) is 5.01 Å². The molecular weight excluding hydrogens is 414 g/mol. The summed E-state index contributed by atoms with van der Waals surface area (Å²) in [5, 5.41) is 6.11. The van der Waals surface area contributed by atoms with Crippen molar-refractivity contribution in [3.05, 3.63) is 70.2 Å². The summed E-state index contributed by atoms with van der Waals surface area (Å²) in [5.41, 5.74) is 4.67. The van der Waals surface area contributed by atoms with Gasteiger partial charge in [0.15, 0.2) is 0 Å². The van der Waals surface area contributed by atoms with Gasteiger partial charge >= 0.3 is 0 Å². The Bertz CT molecular complexity index is 1020. The van der Waals surface area contributed by atoms with E-state index < -0.39 is 0 Å². The summed E-state index contributed by atoms with van der Waals surface area (Å²) in [4.78, 5) is 20.3. The molecule has 0 aliphatic carbocycles. The standard InChI is InChI=1S/C27H33N3OS/c1-3-4-7-16-30-17-14-22(15-18-30)27-29-25(19-32-27)26(31)28-24-9-6-5-8-23(24)21-12-10-20(2)11-13-21/h5-6,8-13,19,22H,3-4,7,14-18H2,1-2H3,(H,28,31). The molecule has 1 aliphatic rings. The van der Waals surface area contributed by atoms with E-state index in [1.807, 2.05) is 29.6 Å². The van der Waals surface area contributed by atoms with Crippen LogP contribution in [-0.4, -0.2) is 35.4 Å². The van der Waals surface area contributed by atoms with Crippen molar-refractivity contribution in [2.24, 2.45) is 0 Å². The topological polar surface area (TPSA) is 45.2 Å². The zero-order valence-corrected chi connectivity index (χ0v) is 20.0. The first-order valence-electron chi connectivity index (χ1n) is 11.8. The number of aromatic nitrogens is 1. The van der Waals surface area contributed by atoms with Crippen LogP contribution in [0.2, 0.25) is 0 Å². The van der Waals surface area contributed by atoms with Crippen LogP contribution in [0.15, 0.2) is 53.9 Å². The predicted molar refractivity (Wildman–Crippen MR) is 135 cm³/mol. The van der Waals surface area contributed by atoms with E-state index in [9.17, 15) is 4.79 Å². The molecule has 0 bridgehead atoms. The van der Waals surface area contributed by atoms with Crippen molar-refractivity contribution in [1.29, 1.82) is 0 Å². The number of hydrogen-bond donors (Lipinski definition) is 1. The highest BCUT2D eigenvalue weighted by atomic mass is 32.1. The molecular formula is C27H33N3OS. The SMILES string of the molecule is CCCCCN1CCC(c2nc(C(=O)Nc3ccccc3-c3ccc(C)cc3)cs2)CC1. The zero-order chi connectivity index (χ0) is 22.3. The molecule has 3 aromatic rings. The Balaban J connectivity index is 1.39. The van der Waals surface area contributed by atoms with Crippen molar-refractivity contribution < 1.29 is 4.79 Å². The van der Waals surface area contributed by atoms with Crippen molar-refractivity contribution in [2.45, 2.75) is 51.9 Å². The first-order valence-corrected chi connectivity index (χ1v) is 12.7. The molecule has 1 amide bonds. The average molecular weight is 448 g/mol. The molecule has 1 aromatic heterocycles. The van der Waals surface area contributed by atoms with E-state index in [4.69, 9.17) is 4.98 Å². The van der Waals surface area contributed by atoms with Crippen molar-refractivity contribution in [1.82, 2.24) is 9.88 Å². The molecule has 5 heteroatoms. The third-order valence-electron chi connectivity index (χ3n) is 6.31. The summed E-state index contributed by atoms with van der Waals surface area (Å²) in [6.45, 7) is 7.82. The van der Waals surface area contributed by atoms with Crippen LogP contribution in [-0.2, 0) is 0 Å². The van der Waals surface area contributed by atoms with Crippen molar-refractivity contribution in [2.75, 3.05) is 25.0 Å². The lowest BCUT2D eigenvalue weighted by atomic mass is 9.97. The molecule has 2 heterocycles. The maximum atomic E-state index is 13.0. The second kappa shape index (κ2) is 10.9. The Morgan fingerprint density at radius 3 is 2.59 bits per heavy atom. The van der Waals surface area contributed by atoms with Crippen molar-refractivity contribution >= 4 is 22.9 Å². The molecule has 2 aromatic carbocycles. The minimum Gasteiger partial charge on any atom is -0.320 e. The number of likely N-dealkylation sites (tertiary alicyclic amines) is 1. The van der Waals surface area contributed by atoms with E-state index in [2.05, 4.69) is 48.3 Å². The number of amides is 1. The molecule has 0 atom stereocenters. The van der Waals surface area contributed by atoms with E-state index in [-0.39, 0.29) is 5.91 Å². The highest BCUT2D eigenvalue weighted by Crippen LogP contribution is 2.32. The van der Waals surface area contributed by atoms with Crippen LogP contribution in [0.1, 0.15) is 66.0 Å². The van der Waals surface area contributed by atoms with Crippen LogP contribution in [0.5, 0.6) is 0 Å². The number of carbonyl (C=O) groups is 1. The monoisotopic (exact) mass is 447 g/mol. The molecule has 1 fully saturated rings. The van der Waals surface area contributed by atoms with E-state index >= 15 is 0 Å². The number of piperidine rings is 1. The normalized spacial score (nSPS) is 15.1. The molecule has 4 nitrogen and oxygen atoms in total. The summed E-state index contributed by atoms with van der Waals surface area (Å²) in [6.07, 6.45) is 6.16. The van der Waals surface area contributed by atoms with E-state index in [0.717, 1.165) is 47.8 Å². The lowest BCUT2D eigenvalue weighted by Crippen LogP contribution is -2.33. The van der Waals surface area contributed by atoms with Crippen LogP contribution in [0.3, 0.4) is 0 Å². The van der Waals surface area contributed by atoms with Crippen LogP contribution in [0, 0.1) is 6.92 Å². The van der Waals surface area contributed by atoms with Gasteiger partial charge in [-0.25, -0.2) is 4.98 Å². The predicted octanol–water partition coefficient (Wildman–Crippen LogP) is 6.74. The number of benzene rings is 2. The molecule has 168 valence electrons. The highest BCUT2D eigenvalue weighted by Gasteiger charge is 2.24. The minimum absolute atomic E-state index is 0.135. The van der Waals surface area contributed by atoms with E-state index in [1.54, 1.807) is 11.3 Å². The Hall–Kier alpha value is -2.50. The third kappa shape index (κ3) is 5.64. The lowest BCUT2D eigenvalue weighted by molar-refractivity contribution is 0.102. The number of carbonyl (C=O) groups excluding carboxylic acids is 1. The fourth-order valence-electron chi connectivity index (χ4n) is 4.33. The molecule has 1 aliphatic heterocycles. The molecule has 0 unspecified atom stereocenters. The second-order valence-corrected chi connectivity index (χ2v) is 9.65. The maximum Gasteiger partial charge on any atom is 0.275 e. The fraction of sp³-hybridized carbons (Fsp3) is 0.407. The van der Waals surface area contributed by atoms with Gasteiger partial charge in [0.1, 0.15) is 5.69 Å². The van der Waals surface area contributed by atoms with Gasteiger partial charge < -0.3 is 10.2 Å². The van der Waals surface area contributed by atoms with E-state index in [1.165, 1.54) is 31.4 Å². The van der Waals surface area contributed by atoms with Crippen LogP contribution >= 0.6 is 11.3 Å². The number of hydrogen-bond acceptors (Lipinski definition) is 4. The summed E-state index contributed by atoms with van der Waals surface area (Å²) >= 11 is 1.63. The van der Waals surface area contributed by atoms with E-state index in [0.29, 0.717) is 11.6 Å². The summed E-state index contributed by atoms with van der Waals surface area (Å²) in [6, 6.07) is 16.3. The van der Waals surface area contributed by atoms with Crippen LogP contribution < -0.4 is 5.32 Å². The second-order valence-electron chi connectivity index (χ2n) is 8.76. The summed E-state index contributed by atoms with van der Waals surface area (Å²) in [5.74, 6) is 0.341. The van der Waals surface area contributed by atoms with Gasteiger partial charge in [-0.05, 0) is 57.5 Å². The summed E-state index contributed by atoms with van der Waals surface area (Å²) < 4.78 is 0. The third-order valence-corrected chi connectivity index (χ3v) is 7.31. The highest BCUT2D eigenvalue weighted by molar-refractivity contribution is 7.10. The van der Waals surface area contributed by atoms with Gasteiger partial charge in [-0.1, -0.05) is 67.8 Å². The largest absolute Gasteiger partial charge is 0.320 e. The smallest absolute Gasteiger partial charge is 0.275 e. The van der Waals surface area contributed by atoms with Crippen LogP contribution in [0.25, 0.3) is 11.1 Å². The minimum atomic E-state index is -0.135. The van der Waals surface area contributed by atoms with Gasteiger partial charge in [0, 0.05) is 22.5 Å². The van der Waals surface area contributed by atoms with Gasteiger partial charge in [0.2, 0.25) is 0 Å². The zero-order valence-electron chi connectivity index (χ0n) is 19.1. The average Bonchev–Trinajstić information content (AvgIpc) is 3.31. The van der Waals surface area contributed by atoms with Crippen LogP contribution in [0.4, 0.5) is 5.69 Å². The van der Waals surface area contributed by atoms with Gasteiger partial charge in [-0.2, -0.15) is 0 Å². The maximum absolute atomic E-state index is 13.0. The first kappa shape index (κ1) is 22.7. The summed E-state index contributed by atoms with van der Waals surface area (Å²) in [7, 11) is 0. The quantitative estimate of drug-likeness (QED) is 0.389. The number of aryl methyl sites for hydroxylation is 1. The molecule has 1 N–H and O–H groups in total. The van der Waals surface area contributed by atoms with Gasteiger partial charge in [-0.3, -0.25) is 4.79 Å². The Labute approximate surface area is 195 Å². The van der Waals surface area contributed by atoms with Crippen molar-refractivity contribution in [3.8, 4) is 11.1 Å². The van der Waals surface area contributed by atoms with Gasteiger partial charge in [-0.15, -0.1) is 11.3 Å². The lowest BCUT2D eigenvalue weighted by Gasteiger charge is -2.30. The Morgan fingerprint density at radius 1 is 1.09 bits per heavy atom. The molecule has 0 radical (unpaired) electrons. The van der Waals surface area contributed by atoms with Gasteiger partial charge in [0.25, 0.3) is 5.91 Å². The number of nitrogens with one attached hydrogen (secondary N) is 1. The van der Waals surface area contributed by atoms with Crippen molar-refractivity contribution in [3.63, 3.8) is 0 Å². The molecule has 4 rings (SSSR count). The fourth-order valence-corrected chi connectivity index (χ4v) is 5.30. The number of para-hydroxylation sites is 1. The molecule has 0 saturated carbocycles. The number of rotatable bonds is 8. The Kier molecular flexibility index (Phi) is 7.72. The Morgan fingerprint density at radius 2 is 1.84 bits per heavy atom. The number of unbranched alkanes of at least 4 members (excludes halogenated alkanes) is 2. The number of anilines is 1. The molecule has 32 heavy (non-hydrogen) atoms. The molecule has 0 spiro atoms. The number of thiazole rings is 1. The first-order chi connectivity index (χ1) is 15.6.